The smallest absolute Gasteiger partial charge is 0.238 e. The Kier molecular flexibility index (Phi) is 6.43. The van der Waals surface area contributed by atoms with Crippen LogP contribution in [0.2, 0.25) is 0 Å². The van der Waals surface area contributed by atoms with Crippen molar-refractivity contribution in [1.82, 2.24) is 4.90 Å². The molecule has 0 unspecified atom stereocenters. The van der Waals surface area contributed by atoms with E-state index in [1.165, 1.54) is 11.3 Å². The summed E-state index contributed by atoms with van der Waals surface area (Å²) in [4.78, 5) is 30.1. The van der Waals surface area contributed by atoms with E-state index in [9.17, 15) is 9.59 Å². The van der Waals surface area contributed by atoms with Gasteiger partial charge in [-0.05, 0) is 30.7 Å². The molecule has 158 valence electrons. The zero-order valence-corrected chi connectivity index (χ0v) is 17.8. The fraction of sp³-hybridized carbons (Fsp3) is 0.231. The van der Waals surface area contributed by atoms with Gasteiger partial charge in [-0.1, -0.05) is 60.7 Å². The first-order valence-electron chi connectivity index (χ1n) is 10.6. The van der Waals surface area contributed by atoms with E-state index in [-0.39, 0.29) is 11.7 Å². The van der Waals surface area contributed by atoms with Crippen molar-refractivity contribution in [2.45, 2.75) is 6.92 Å². The number of carbonyl (C=O) groups is 2. The van der Waals surface area contributed by atoms with E-state index in [4.69, 9.17) is 0 Å². The number of benzene rings is 3. The summed E-state index contributed by atoms with van der Waals surface area (Å²) in [6.45, 7) is 5.87. The lowest BCUT2D eigenvalue weighted by atomic mass is 10.0. The minimum Gasteiger partial charge on any atom is -0.369 e. The highest BCUT2D eigenvalue weighted by Gasteiger charge is 2.21. The number of ketones is 1. The molecule has 5 heteroatoms. The van der Waals surface area contributed by atoms with Crippen LogP contribution in [-0.2, 0) is 4.79 Å². The lowest BCUT2D eigenvalue weighted by Gasteiger charge is -2.36. The minimum atomic E-state index is -0.0994. The Morgan fingerprint density at radius 1 is 0.806 bits per heavy atom. The average molecular weight is 414 g/mol. The third kappa shape index (κ3) is 5.01. The quantitative estimate of drug-likeness (QED) is 0.621. The van der Waals surface area contributed by atoms with Crippen molar-refractivity contribution in [1.29, 1.82) is 0 Å². The predicted molar refractivity (Wildman–Crippen MR) is 125 cm³/mol. The van der Waals surface area contributed by atoms with Crippen LogP contribution in [0.1, 0.15) is 21.5 Å². The van der Waals surface area contributed by atoms with Crippen molar-refractivity contribution in [2.75, 3.05) is 42.9 Å². The molecular weight excluding hydrogens is 386 g/mol. The van der Waals surface area contributed by atoms with Crippen LogP contribution in [-0.4, -0.2) is 49.3 Å². The maximum absolute atomic E-state index is 12.9. The molecule has 1 aliphatic heterocycles. The molecule has 1 heterocycles. The molecule has 0 bridgehead atoms. The fourth-order valence-electron chi connectivity index (χ4n) is 3.99. The molecule has 0 aromatic heterocycles. The van der Waals surface area contributed by atoms with Crippen LogP contribution in [0.15, 0.2) is 78.9 Å². The summed E-state index contributed by atoms with van der Waals surface area (Å²) in [6, 6.07) is 24.7. The molecule has 1 amide bonds. The number of nitrogens with one attached hydrogen (secondary N) is 1. The van der Waals surface area contributed by atoms with Gasteiger partial charge in [0.25, 0.3) is 0 Å². The molecule has 3 aromatic carbocycles. The number of amides is 1. The molecule has 0 radical (unpaired) electrons. The largest absolute Gasteiger partial charge is 0.369 e. The Bertz CT molecular complexity index is 1060. The summed E-state index contributed by atoms with van der Waals surface area (Å²) in [6.07, 6.45) is 0. The second-order valence-corrected chi connectivity index (χ2v) is 7.84. The van der Waals surface area contributed by atoms with Gasteiger partial charge in [0.05, 0.1) is 12.2 Å². The third-order valence-electron chi connectivity index (χ3n) is 5.68. The number of nitrogens with zero attached hydrogens (tertiary/aromatic N) is 2. The van der Waals surface area contributed by atoms with E-state index in [0.29, 0.717) is 23.4 Å². The van der Waals surface area contributed by atoms with Gasteiger partial charge in [-0.25, -0.2) is 0 Å². The van der Waals surface area contributed by atoms with E-state index >= 15 is 0 Å². The monoisotopic (exact) mass is 413 g/mol. The summed E-state index contributed by atoms with van der Waals surface area (Å²) < 4.78 is 0. The Balaban J connectivity index is 1.36. The average Bonchev–Trinajstić information content (AvgIpc) is 2.80. The lowest BCUT2D eigenvalue weighted by molar-refractivity contribution is -0.117. The summed E-state index contributed by atoms with van der Waals surface area (Å²) in [5.41, 5.74) is 4.20. The highest BCUT2D eigenvalue weighted by molar-refractivity contribution is 6.13. The molecule has 1 saturated heterocycles. The Hall–Kier alpha value is -3.44. The second-order valence-electron chi connectivity index (χ2n) is 7.84. The minimum absolute atomic E-state index is 0.0941. The first-order valence-corrected chi connectivity index (χ1v) is 10.6. The fourth-order valence-corrected chi connectivity index (χ4v) is 3.99. The van der Waals surface area contributed by atoms with Crippen molar-refractivity contribution < 1.29 is 9.59 Å². The van der Waals surface area contributed by atoms with Crippen molar-refractivity contribution in [2.24, 2.45) is 0 Å². The maximum atomic E-state index is 12.9. The van der Waals surface area contributed by atoms with Crippen molar-refractivity contribution in [3.8, 4) is 0 Å². The maximum Gasteiger partial charge on any atom is 0.238 e. The normalized spacial score (nSPS) is 14.3. The van der Waals surface area contributed by atoms with Crippen molar-refractivity contribution in [3.63, 3.8) is 0 Å². The topological polar surface area (TPSA) is 52.6 Å². The van der Waals surface area contributed by atoms with Crippen LogP contribution >= 0.6 is 0 Å². The number of anilines is 2. The SMILES string of the molecule is Cc1ccccc1N1CCN(CC(=O)Nc2ccccc2C(=O)c2ccccc2)CC1. The van der Waals surface area contributed by atoms with Crippen molar-refractivity contribution >= 4 is 23.1 Å². The first-order chi connectivity index (χ1) is 15.1. The molecule has 0 atom stereocenters. The van der Waals surface area contributed by atoms with Gasteiger partial charge in [0.2, 0.25) is 5.91 Å². The van der Waals surface area contributed by atoms with Crippen LogP contribution in [0.25, 0.3) is 0 Å². The molecule has 1 N–H and O–H groups in total. The number of carbonyl (C=O) groups excluding carboxylic acids is 2. The summed E-state index contributed by atoms with van der Waals surface area (Å²) in [5.74, 6) is -0.194. The summed E-state index contributed by atoms with van der Waals surface area (Å²) >= 11 is 0. The van der Waals surface area contributed by atoms with Gasteiger partial charge in [-0.2, -0.15) is 0 Å². The van der Waals surface area contributed by atoms with Crippen LogP contribution in [0.3, 0.4) is 0 Å². The van der Waals surface area contributed by atoms with Crippen LogP contribution in [0.5, 0.6) is 0 Å². The molecule has 1 fully saturated rings. The summed E-state index contributed by atoms with van der Waals surface area (Å²) in [7, 11) is 0. The molecule has 0 aliphatic carbocycles. The zero-order chi connectivity index (χ0) is 21.6. The Morgan fingerprint density at radius 3 is 2.19 bits per heavy atom. The second kappa shape index (κ2) is 9.58. The predicted octanol–water partition coefficient (Wildman–Crippen LogP) is 3.99. The first kappa shape index (κ1) is 20.8. The van der Waals surface area contributed by atoms with E-state index in [1.54, 1.807) is 24.3 Å². The molecule has 3 aromatic rings. The highest BCUT2D eigenvalue weighted by atomic mass is 16.2. The van der Waals surface area contributed by atoms with Crippen LogP contribution in [0, 0.1) is 6.92 Å². The molecule has 31 heavy (non-hydrogen) atoms. The number of piperazine rings is 1. The van der Waals surface area contributed by atoms with Gasteiger partial charge >= 0.3 is 0 Å². The molecular formula is C26H27N3O2. The van der Waals surface area contributed by atoms with E-state index in [0.717, 1.165) is 26.2 Å². The Labute approximate surface area is 183 Å². The van der Waals surface area contributed by atoms with Crippen LogP contribution in [0.4, 0.5) is 11.4 Å². The van der Waals surface area contributed by atoms with Gasteiger partial charge in [-0.3, -0.25) is 14.5 Å². The van der Waals surface area contributed by atoms with Gasteiger partial charge in [-0.15, -0.1) is 0 Å². The number of hydrogen-bond donors (Lipinski definition) is 1. The lowest BCUT2D eigenvalue weighted by Crippen LogP contribution is -2.48. The summed E-state index contributed by atoms with van der Waals surface area (Å²) in [5, 5.41) is 2.95. The number of rotatable bonds is 6. The molecule has 5 nitrogen and oxygen atoms in total. The van der Waals surface area contributed by atoms with Gasteiger partial charge in [0.15, 0.2) is 5.78 Å². The Morgan fingerprint density at radius 2 is 1.45 bits per heavy atom. The third-order valence-corrected chi connectivity index (χ3v) is 5.68. The van der Waals surface area contributed by atoms with Crippen LogP contribution < -0.4 is 10.2 Å². The van der Waals surface area contributed by atoms with Gasteiger partial charge in [0, 0.05) is 43.0 Å². The number of para-hydroxylation sites is 2. The number of aryl methyl sites for hydroxylation is 1. The number of hydrogen-bond acceptors (Lipinski definition) is 4. The van der Waals surface area contributed by atoms with E-state index in [2.05, 4.69) is 46.3 Å². The zero-order valence-electron chi connectivity index (χ0n) is 17.8. The van der Waals surface area contributed by atoms with Gasteiger partial charge in [0.1, 0.15) is 0 Å². The molecule has 4 rings (SSSR count). The molecule has 0 saturated carbocycles. The highest BCUT2D eigenvalue weighted by Crippen LogP contribution is 2.22. The molecule has 0 spiro atoms. The van der Waals surface area contributed by atoms with E-state index in [1.807, 2.05) is 30.3 Å². The standard InChI is InChI=1S/C26H27N3O2/c1-20-9-5-8-14-24(20)29-17-15-28(16-18-29)19-25(30)27-23-13-7-6-12-22(23)26(31)21-10-3-2-4-11-21/h2-14H,15-19H2,1H3,(H,27,30). The molecule has 1 aliphatic rings. The van der Waals surface area contributed by atoms with Gasteiger partial charge < -0.3 is 10.2 Å². The van der Waals surface area contributed by atoms with E-state index < -0.39 is 0 Å². The van der Waals surface area contributed by atoms with Crippen molar-refractivity contribution in [3.05, 3.63) is 95.6 Å².